The molecule has 0 spiro atoms. The van der Waals surface area contributed by atoms with Gasteiger partial charge in [-0.15, -0.1) is 0 Å². The number of nitrogens with zero attached hydrogens (tertiary/aromatic N) is 1. The van der Waals surface area contributed by atoms with Crippen molar-refractivity contribution < 1.29 is 18.0 Å². The van der Waals surface area contributed by atoms with Crippen LogP contribution < -0.4 is 10.6 Å². The highest BCUT2D eigenvalue weighted by atomic mass is 19.4. The minimum absolute atomic E-state index is 0.0129. The zero-order valence-electron chi connectivity index (χ0n) is 15.7. The summed E-state index contributed by atoms with van der Waals surface area (Å²) in [4.78, 5) is 14.5. The largest absolute Gasteiger partial charge is 0.416 e. The van der Waals surface area contributed by atoms with Gasteiger partial charge in [0.1, 0.15) is 0 Å². The second-order valence-corrected chi connectivity index (χ2v) is 7.15. The molecular formula is C21H24F3N3O. The molecule has 4 nitrogen and oxygen atoms in total. The van der Waals surface area contributed by atoms with Crippen LogP contribution in [0.2, 0.25) is 0 Å². The Morgan fingerprint density at radius 3 is 2.50 bits per heavy atom. The Kier molecular flexibility index (Phi) is 6.24. The van der Waals surface area contributed by atoms with E-state index in [1.165, 1.54) is 23.3 Å². The lowest BCUT2D eigenvalue weighted by Crippen LogP contribution is -2.45. The first-order chi connectivity index (χ1) is 13.3. The number of nitrogens with one attached hydrogen (secondary N) is 2. The Morgan fingerprint density at radius 2 is 1.82 bits per heavy atom. The summed E-state index contributed by atoms with van der Waals surface area (Å²) in [5.41, 5.74) is 1.92. The number of aryl methyl sites for hydroxylation is 1. The zero-order chi connectivity index (χ0) is 20.1. The van der Waals surface area contributed by atoms with Gasteiger partial charge in [0.2, 0.25) is 0 Å². The van der Waals surface area contributed by atoms with Crippen molar-refractivity contribution in [1.82, 2.24) is 10.2 Å². The zero-order valence-corrected chi connectivity index (χ0v) is 15.7. The third-order valence-corrected chi connectivity index (χ3v) is 5.03. The van der Waals surface area contributed by atoms with Gasteiger partial charge < -0.3 is 10.6 Å². The van der Waals surface area contributed by atoms with E-state index in [1.54, 1.807) is 0 Å². The molecule has 0 unspecified atom stereocenters. The SMILES string of the molecule is Cc1ccccc1CN1CCC(NC(=O)Nc2cccc(C(F)(F)F)c2)CC1. The van der Waals surface area contributed by atoms with E-state index < -0.39 is 17.8 Å². The molecule has 1 heterocycles. The summed E-state index contributed by atoms with van der Waals surface area (Å²) in [7, 11) is 0. The highest BCUT2D eigenvalue weighted by Crippen LogP contribution is 2.30. The van der Waals surface area contributed by atoms with Crippen LogP contribution in [0.5, 0.6) is 0 Å². The molecule has 3 rings (SSSR count). The van der Waals surface area contributed by atoms with Crippen molar-refractivity contribution in [3.63, 3.8) is 0 Å². The maximum absolute atomic E-state index is 12.8. The first kappa shape index (κ1) is 20.2. The second kappa shape index (κ2) is 8.65. The predicted octanol–water partition coefficient (Wildman–Crippen LogP) is 4.80. The lowest BCUT2D eigenvalue weighted by Gasteiger charge is -2.32. The van der Waals surface area contributed by atoms with Crippen LogP contribution in [-0.2, 0) is 12.7 Å². The maximum atomic E-state index is 12.8. The van der Waals surface area contributed by atoms with Gasteiger partial charge in [0, 0.05) is 31.4 Å². The Hall–Kier alpha value is -2.54. The number of urea groups is 1. The van der Waals surface area contributed by atoms with Gasteiger partial charge in [-0.1, -0.05) is 30.3 Å². The molecule has 0 radical (unpaired) electrons. The number of halogens is 3. The molecule has 0 atom stereocenters. The van der Waals surface area contributed by atoms with Gasteiger partial charge in [-0.05, 0) is 49.1 Å². The molecule has 0 saturated carbocycles. The molecule has 7 heteroatoms. The summed E-state index contributed by atoms with van der Waals surface area (Å²) < 4.78 is 38.3. The fourth-order valence-corrected chi connectivity index (χ4v) is 3.39. The molecule has 28 heavy (non-hydrogen) atoms. The van der Waals surface area contributed by atoms with E-state index in [1.807, 2.05) is 12.1 Å². The summed E-state index contributed by atoms with van der Waals surface area (Å²) in [6, 6.07) is 12.5. The fraction of sp³-hybridized carbons (Fsp3) is 0.381. The maximum Gasteiger partial charge on any atom is 0.416 e. The third-order valence-electron chi connectivity index (χ3n) is 5.03. The highest BCUT2D eigenvalue weighted by Gasteiger charge is 2.30. The number of anilines is 1. The molecule has 0 bridgehead atoms. The van der Waals surface area contributed by atoms with Crippen molar-refractivity contribution in [2.45, 2.75) is 38.5 Å². The number of piperidine rings is 1. The molecule has 2 aromatic carbocycles. The van der Waals surface area contributed by atoms with Gasteiger partial charge in [-0.3, -0.25) is 4.90 Å². The van der Waals surface area contributed by atoms with Crippen LogP contribution in [-0.4, -0.2) is 30.1 Å². The highest BCUT2D eigenvalue weighted by molar-refractivity contribution is 5.89. The summed E-state index contributed by atoms with van der Waals surface area (Å²) in [6.45, 7) is 4.71. The van der Waals surface area contributed by atoms with E-state index in [4.69, 9.17) is 0 Å². The molecular weight excluding hydrogens is 367 g/mol. The number of rotatable bonds is 4. The van der Waals surface area contributed by atoms with Crippen LogP contribution >= 0.6 is 0 Å². The van der Waals surface area contributed by atoms with E-state index in [-0.39, 0.29) is 11.7 Å². The smallest absolute Gasteiger partial charge is 0.335 e. The minimum atomic E-state index is -4.43. The first-order valence-corrected chi connectivity index (χ1v) is 9.33. The van der Waals surface area contributed by atoms with Crippen molar-refractivity contribution in [2.75, 3.05) is 18.4 Å². The Labute approximate surface area is 162 Å². The standard InChI is InChI=1S/C21H24F3N3O/c1-15-5-2-3-6-16(15)14-27-11-9-18(10-12-27)25-20(28)26-19-8-4-7-17(13-19)21(22,23)24/h2-8,13,18H,9-12,14H2,1H3,(H2,25,26,28). The van der Waals surface area contributed by atoms with Crippen LogP contribution in [0.1, 0.15) is 29.5 Å². The number of alkyl halides is 3. The van der Waals surface area contributed by atoms with E-state index in [0.29, 0.717) is 0 Å². The van der Waals surface area contributed by atoms with Gasteiger partial charge >= 0.3 is 12.2 Å². The molecule has 150 valence electrons. The normalized spacial score (nSPS) is 16.0. The molecule has 1 aliphatic heterocycles. The summed E-state index contributed by atoms with van der Waals surface area (Å²) in [5, 5.41) is 5.36. The van der Waals surface area contributed by atoms with E-state index in [2.05, 4.69) is 34.6 Å². The van der Waals surface area contributed by atoms with Gasteiger partial charge in [-0.25, -0.2) is 4.79 Å². The molecule has 2 amide bonds. The Morgan fingerprint density at radius 1 is 1.11 bits per heavy atom. The van der Waals surface area contributed by atoms with Crippen molar-refractivity contribution in [1.29, 1.82) is 0 Å². The van der Waals surface area contributed by atoms with Crippen LogP contribution in [0.3, 0.4) is 0 Å². The lowest BCUT2D eigenvalue weighted by atomic mass is 10.0. The quantitative estimate of drug-likeness (QED) is 0.786. The van der Waals surface area contributed by atoms with Crippen LogP contribution in [0, 0.1) is 6.92 Å². The number of hydrogen-bond acceptors (Lipinski definition) is 2. The third kappa shape index (κ3) is 5.48. The van der Waals surface area contributed by atoms with E-state index >= 15 is 0 Å². The van der Waals surface area contributed by atoms with E-state index in [9.17, 15) is 18.0 Å². The molecule has 2 aromatic rings. The van der Waals surface area contributed by atoms with Gasteiger partial charge in [0.05, 0.1) is 5.56 Å². The van der Waals surface area contributed by atoms with E-state index in [0.717, 1.165) is 44.6 Å². The average molecular weight is 391 g/mol. The average Bonchev–Trinajstić information content (AvgIpc) is 2.65. The van der Waals surface area contributed by atoms with Crippen molar-refractivity contribution in [3.8, 4) is 0 Å². The van der Waals surface area contributed by atoms with Gasteiger partial charge in [0.25, 0.3) is 0 Å². The Balaban J connectivity index is 1.47. The predicted molar refractivity (Wildman–Crippen MR) is 103 cm³/mol. The van der Waals surface area contributed by atoms with Crippen LogP contribution in [0.4, 0.5) is 23.7 Å². The van der Waals surface area contributed by atoms with Crippen molar-refractivity contribution in [3.05, 3.63) is 65.2 Å². The van der Waals surface area contributed by atoms with Gasteiger partial charge in [0.15, 0.2) is 0 Å². The summed E-state index contributed by atoms with van der Waals surface area (Å²) >= 11 is 0. The summed E-state index contributed by atoms with van der Waals surface area (Å²) in [6.07, 6.45) is -2.82. The number of benzene rings is 2. The monoisotopic (exact) mass is 391 g/mol. The number of carbonyl (C=O) groups is 1. The van der Waals surface area contributed by atoms with Crippen molar-refractivity contribution in [2.24, 2.45) is 0 Å². The molecule has 0 aromatic heterocycles. The summed E-state index contributed by atoms with van der Waals surface area (Å²) in [5.74, 6) is 0. The van der Waals surface area contributed by atoms with Crippen LogP contribution in [0.25, 0.3) is 0 Å². The van der Waals surface area contributed by atoms with Crippen molar-refractivity contribution >= 4 is 11.7 Å². The minimum Gasteiger partial charge on any atom is -0.335 e. The second-order valence-electron chi connectivity index (χ2n) is 7.15. The molecule has 2 N–H and O–H groups in total. The molecule has 1 saturated heterocycles. The Bertz CT molecular complexity index is 815. The number of hydrogen-bond donors (Lipinski definition) is 2. The topological polar surface area (TPSA) is 44.4 Å². The fourth-order valence-electron chi connectivity index (χ4n) is 3.39. The lowest BCUT2D eigenvalue weighted by molar-refractivity contribution is -0.137. The molecule has 1 fully saturated rings. The number of carbonyl (C=O) groups excluding carboxylic acids is 1. The molecule has 0 aliphatic carbocycles. The van der Waals surface area contributed by atoms with Gasteiger partial charge in [-0.2, -0.15) is 13.2 Å². The van der Waals surface area contributed by atoms with Crippen LogP contribution in [0.15, 0.2) is 48.5 Å². The number of likely N-dealkylation sites (tertiary alicyclic amines) is 1. The first-order valence-electron chi connectivity index (χ1n) is 9.33. The number of amides is 2. The molecule has 1 aliphatic rings.